The standard InChI is InChI=1S/C15H13B/c1-2-6-11-7-5-9-13-12-8-3-4-10-14(12)16-15(11)13/h2-5,7-10,16H,1,6H2. The molecular formula is C15H13B. The number of hydrogen-bond acceptors (Lipinski definition) is 0. The molecule has 0 N–H and O–H groups in total. The van der Waals surface area contributed by atoms with Crippen molar-refractivity contribution in [2.24, 2.45) is 0 Å². The molecule has 0 unspecified atom stereocenters. The summed E-state index contributed by atoms with van der Waals surface area (Å²) in [5.41, 5.74) is 7.18. The van der Waals surface area contributed by atoms with Crippen LogP contribution < -0.4 is 10.9 Å². The molecule has 2 aromatic rings. The van der Waals surface area contributed by atoms with Crippen molar-refractivity contribution in [1.29, 1.82) is 0 Å². The van der Waals surface area contributed by atoms with Crippen LogP contribution in [0.4, 0.5) is 0 Å². The largest absolute Gasteiger partial charge is 0.194 e. The molecule has 0 aromatic heterocycles. The molecule has 0 fully saturated rings. The van der Waals surface area contributed by atoms with Crippen molar-refractivity contribution in [3.05, 3.63) is 60.7 Å². The minimum Gasteiger partial charge on any atom is -0.103 e. The van der Waals surface area contributed by atoms with Crippen LogP contribution in [0.3, 0.4) is 0 Å². The smallest absolute Gasteiger partial charge is 0.103 e. The maximum atomic E-state index is 3.83. The van der Waals surface area contributed by atoms with Gasteiger partial charge in [0.2, 0.25) is 0 Å². The van der Waals surface area contributed by atoms with Gasteiger partial charge in [0, 0.05) is 0 Å². The van der Waals surface area contributed by atoms with E-state index in [1.54, 1.807) is 0 Å². The second-order valence-corrected chi connectivity index (χ2v) is 4.27. The fraction of sp³-hybridized carbons (Fsp3) is 0.0667. The highest BCUT2D eigenvalue weighted by Gasteiger charge is 2.20. The molecule has 1 heteroatoms. The van der Waals surface area contributed by atoms with Crippen molar-refractivity contribution >= 4 is 18.2 Å². The molecule has 0 saturated carbocycles. The van der Waals surface area contributed by atoms with Gasteiger partial charge in [-0.05, 0) is 23.1 Å². The Bertz CT molecular complexity index is 555. The zero-order chi connectivity index (χ0) is 11.0. The van der Waals surface area contributed by atoms with E-state index in [0.29, 0.717) is 0 Å². The Morgan fingerprint density at radius 3 is 2.69 bits per heavy atom. The van der Waals surface area contributed by atoms with E-state index in [-0.39, 0.29) is 0 Å². The van der Waals surface area contributed by atoms with Crippen molar-refractivity contribution in [3.8, 4) is 11.1 Å². The zero-order valence-corrected chi connectivity index (χ0v) is 9.24. The topological polar surface area (TPSA) is 0 Å². The van der Waals surface area contributed by atoms with Gasteiger partial charge in [-0.15, -0.1) is 6.58 Å². The van der Waals surface area contributed by atoms with Crippen LogP contribution in [0.15, 0.2) is 55.1 Å². The molecule has 0 amide bonds. The van der Waals surface area contributed by atoms with E-state index in [4.69, 9.17) is 0 Å². The summed E-state index contributed by atoms with van der Waals surface area (Å²) < 4.78 is 0. The van der Waals surface area contributed by atoms with Gasteiger partial charge in [-0.25, -0.2) is 0 Å². The Labute approximate surface area is 96.9 Å². The van der Waals surface area contributed by atoms with Gasteiger partial charge in [0.25, 0.3) is 0 Å². The second-order valence-electron chi connectivity index (χ2n) is 4.27. The van der Waals surface area contributed by atoms with Gasteiger partial charge in [0.1, 0.15) is 0 Å². The quantitative estimate of drug-likeness (QED) is 0.441. The lowest BCUT2D eigenvalue weighted by Gasteiger charge is -2.06. The van der Waals surface area contributed by atoms with Gasteiger partial charge >= 0.3 is 0 Å². The first-order valence-electron chi connectivity index (χ1n) is 5.70. The van der Waals surface area contributed by atoms with Crippen LogP contribution in [-0.2, 0) is 6.42 Å². The molecule has 0 nitrogen and oxygen atoms in total. The number of allylic oxidation sites excluding steroid dienone is 1. The summed E-state index contributed by atoms with van der Waals surface area (Å²) in [5.74, 6) is 0. The van der Waals surface area contributed by atoms with Crippen LogP contribution in [0.1, 0.15) is 5.56 Å². The van der Waals surface area contributed by atoms with Gasteiger partial charge in [0.05, 0.1) is 0 Å². The first-order valence-corrected chi connectivity index (χ1v) is 5.70. The fourth-order valence-electron chi connectivity index (χ4n) is 2.57. The Kier molecular flexibility index (Phi) is 2.18. The zero-order valence-electron chi connectivity index (χ0n) is 9.24. The van der Waals surface area contributed by atoms with E-state index < -0.39 is 0 Å². The molecule has 3 rings (SSSR count). The molecule has 0 radical (unpaired) electrons. The van der Waals surface area contributed by atoms with Crippen molar-refractivity contribution in [2.75, 3.05) is 0 Å². The minimum absolute atomic E-state index is 0.969. The van der Waals surface area contributed by atoms with E-state index in [1.807, 2.05) is 6.08 Å². The van der Waals surface area contributed by atoms with E-state index in [1.165, 1.54) is 27.6 Å². The van der Waals surface area contributed by atoms with Gasteiger partial charge in [-0.3, -0.25) is 0 Å². The summed E-state index contributed by atoms with van der Waals surface area (Å²) in [6.07, 6.45) is 2.95. The van der Waals surface area contributed by atoms with Gasteiger partial charge < -0.3 is 0 Å². The van der Waals surface area contributed by atoms with Crippen molar-refractivity contribution in [1.82, 2.24) is 0 Å². The molecule has 0 saturated heterocycles. The molecule has 0 spiro atoms. The van der Waals surface area contributed by atoms with Gasteiger partial charge in [-0.1, -0.05) is 59.5 Å². The highest BCUT2D eigenvalue weighted by Crippen LogP contribution is 2.21. The number of rotatable bonds is 2. The average Bonchev–Trinajstić information content (AvgIpc) is 2.69. The van der Waals surface area contributed by atoms with Crippen molar-refractivity contribution in [3.63, 3.8) is 0 Å². The first kappa shape index (κ1) is 9.47. The molecule has 1 heterocycles. The molecule has 1 aliphatic rings. The molecule has 1 aliphatic heterocycles. The third kappa shape index (κ3) is 1.32. The van der Waals surface area contributed by atoms with Crippen LogP contribution >= 0.6 is 0 Å². The summed E-state index contributed by atoms with van der Waals surface area (Å²) in [6, 6.07) is 15.3. The SMILES string of the molecule is C=CCc1cccc2c1Bc1ccccc1-2. The summed E-state index contributed by atoms with van der Waals surface area (Å²) in [6.45, 7) is 3.83. The normalized spacial score (nSPS) is 11.5. The lowest BCUT2D eigenvalue weighted by atomic mass is 9.66. The molecule has 0 bridgehead atoms. The van der Waals surface area contributed by atoms with Crippen molar-refractivity contribution < 1.29 is 0 Å². The fourth-order valence-corrected chi connectivity index (χ4v) is 2.57. The predicted octanol–water partition coefficient (Wildman–Crippen LogP) is 1.78. The highest BCUT2D eigenvalue weighted by atomic mass is 14.1. The second kappa shape index (κ2) is 3.68. The van der Waals surface area contributed by atoms with Crippen LogP contribution in [0, 0.1) is 0 Å². The van der Waals surface area contributed by atoms with Crippen LogP contribution in [-0.4, -0.2) is 7.28 Å². The Balaban J connectivity index is 2.19. The Hall–Kier alpha value is -1.76. The lowest BCUT2D eigenvalue weighted by Crippen LogP contribution is -2.23. The summed E-state index contributed by atoms with van der Waals surface area (Å²) >= 11 is 0. The molecule has 0 aliphatic carbocycles. The van der Waals surface area contributed by atoms with Gasteiger partial charge in [0.15, 0.2) is 7.28 Å². The van der Waals surface area contributed by atoms with E-state index in [0.717, 1.165) is 13.7 Å². The Morgan fingerprint density at radius 1 is 1.00 bits per heavy atom. The van der Waals surface area contributed by atoms with E-state index >= 15 is 0 Å². The maximum absolute atomic E-state index is 3.83. The van der Waals surface area contributed by atoms with E-state index in [2.05, 4.69) is 49.0 Å². The Morgan fingerprint density at radius 2 is 1.81 bits per heavy atom. The average molecular weight is 204 g/mol. The van der Waals surface area contributed by atoms with Gasteiger partial charge in [-0.2, -0.15) is 0 Å². The molecular weight excluding hydrogens is 191 g/mol. The molecule has 76 valence electrons. The highest BCUT2D eigenvalue weighted by molar-refractivity contribution is 6.73. The number of fused-ring (bicyclic) bond motifs is 3. The first-order chi connectivity index (χ1) is 7.90. The summed E-state index contributed by atoms with van der Waals surface area (Å²) in [5, 5.41) is 0. The molecule has 2 aromatic carbocycles. The third-order valence-electron chi connectivity index (χ3n) is 3.31. The van der Waals surface area contributed by atoms with Crippen LogP contribution in [0.2, 0.25) is 0 Å². The monoisotopic (exact) mass is 204 g/mol. The third-order valence-corrected chi connectivity index (χ3v) is 3.31. The molecule has 16 heavy (non-hydrogen) atoms. The van der Waals surface area contributed by atoms with E-state index in [9.17, 15) is 0 Å². The number of hydrogen-bond donors (Lipinski definition) is 0. The lowest BCUT2D eigenvalue weighted by molar-refractivity contribution is 1.30. The number of benzene rings is 2. The van der Waals surface area contributed by atoms with Crippen molar-refractivity contribution in [2.45, 2.75) is 6.42 Å². The van der Waals surface area contributed by atoms with Crippen LogP contribution in [0.25, 0.3) is 11.1 Å². The summed E-state index contributed by atoms with van der Waals surface area (Å²) in [7, 11) is 1.08. The van der Waals surface area contributed by atoms with Crippen LogP contribution in [0.5, 0.6) is 0 Å². The minimum atomic E-state index is 0.969. The maximum Gasteiger partial charge on any atom is 0.194 e. The summed E-state index contributed by atoms with van der Waals surface area (Å²) in [4.78, 5) is 0. The predicted molar refractivity (Wildman–Crippen MR) is 72.2 cm³/mol. The molecule has 0 atom stereocenters.